The normalized spacial score (nSPS) is 22.1. The Kier molecular flexibility index (Phi) is 6.12. The Balaban J connectivity index is 1.30. The summed E-state index contributed by atoms with van der Waals surface area (Å²) >= 11 is 0. The van der Waals surface area contributed by atoms with Crippen LogP contribution in [0.3, 0.4) is 0 Å². The summed E-state index contributed by atoms with van der Waals surface area (Å²) in [4.78, 5) is 24.8. The zero-order valence-corrected chi connectivity index (χ0v) is 21.1. The van der Waals surface area contributed by atoms with Gasteiger partial charge in [0.1, 0.15) is 16.9 Å². The van der Waals surface area contributed by atoms with Crippen LogP contribution in [-0.4, -0.2) is 38.0 Å². The number of aromatic nitrogens is 3. The van der Waals surface area contributed by atoms with Crippen molar-refractivity contribution >= 4 is 22.9 Å². The number of amides is 1. The summed E-state index contributed by atoms with van der Waals surface area (Å²) in [6, 6.07) is 13.8. The Labute approximate surface area is 225 Å². The number of carbonyl (C=O) groups excluding carboxylic acids is 1. The summed E-state index contributed by atoms with van der Waals surface area (Å²) in [6.45, 7) is 0.0807. The van der Waals surface area contributed by atoms with Gasteiger partial charge in [-0.2, -0.15) is 13.2 Å². The molecule has 0 radical (unpaired) electrons. The van der Waals surface area contributed by atoms with Crippen molar-refractivity contribution in [1.29, 1.82) is 0 Å². The second-order valence-electron chi connectivity index (χ2n) is 10.9. The van der Waals surface area contributed by atoms with Crippen LogP contribution in [0, 0.1) is 17.2 Å². The standard InChI is InChI=1S/C29H24F4N4O3/c30-21-3-1-2-17(8-21)18-9-23(26(38)34-22-13-28(14-22)11-19(12-28)27(39)40)25-24(10-18)35-36-37(25)15-16-4-6-20(7-5-16)29(31,32)33/h1-10,19,22H,11-15H2,(H,34,38)(H,39,40). The lowest BCUT2D eigenvalue weighted by atomic mass is 9.50. The van der Waals surface area contributed by atoms with Gasteiger partial charge in [0.25, 0.3) is 5.91 Å². The summed E-state index contributed by atoms with van der Waals surface area (Å²) < 4.78 is 54.4. The maximum atomic E-state index is 14.0. The molecule has 2 aliphatic carbocycles. The Bertz CT molecular complexity index is 1620. The summed E-state index contributed by atoms with van der Waals surface area (Å²) in [5.41, 5.74) is 1.89. The van der Waals surface area contributed by atoms with Crippen LogP contribution in [0.15, 0.2) is 60.7 Å². The summed E-state index contributed by atoms with van der Waals surface area (Å²) in [6.07, 6.45) is -1.85. The van der Waals surface area contributed by atoms with E-state index in [1.165, 1.54) is 28.9 Å². The molecular weight excluding hydrogens is 528 g/mol. The van der Waals surface area contributed by atoms with Crippen molar-refractivity contribution in [1.82, 2.24) is 20.3 Å². The van der Waals surface area contributed by atoms with Crippen molar-refractivity contribution in [2.24, 2.45) is 11.3 Å². The van der Waals surface area contributed by atoms with Gasteiger partial charge in [0, 0.05) is 6.04 Å². The molecule has 0 saturated heterocycles. The summed E-state index contributed by atoms with van der Waals surface area (Å²) in [7, 11) is 0. The lowest BCUT2D eigenvalue weighted by Gasteiger charge is -2.56. The molecule has 0 unspecified atom stereocenters. The molecule has 0 aliphatic heterocycles. The van der Waals surface area contributed by atoms with Crippen LogP contribution in [0.4, 0.5) is 17.6 Å². The molecule has 4 aromatic rings. The van der Waals surface area contributed by atoms with Crippen LogP contribution in [-0.2, 0) is 17.5 Å². The van der Waals surface area contributed by atoms with Crippen molar-refractivity contribution in [2.75, 3.05) is 0 Å². The monoisotopic (exact) mass is 552 g/mol. The molecule has 6 rings (SSSR count). The number of nitrogens with zero attached hydrogens (tertiary/aromatic N) is 3. The van der Waals surface area contributed by atoms with Crippen molar-refractivity contribution < 1.29 is 32.3 Å². The Morgan fingerprint density at radius 3 is 2.38 bits per heavy atom. The maximum absolute atomic E-state index is 14.0. The first-order valence-electron chi connectivity index (χ1n) is 12.8. The third-order valence-corrected chi connectivity index (χ3v) is 8.03. The van der Waals surface area contributed by atoms with E-state index in [-0.39, 0.29) is 35.4 Å². The first-order chi connectivity index (χ1) is 19.0. The van der Waals surface area contributed by atoms with Gasteiger partial charge in [0.15, 0.2) is 0 Å². The molecule has 1 aromatic heterocycles. The molecule has 0 bridgehead atoms. The number of carboxylic acids is 1. The highest BCUT2D eigenvalue weighted by molar-refractivity contribution is 6.06. The lowest BCUT2D eigenvalue weighted by Crippen LogP contribution is -2.57. The van der Waals surface area contributed by atoms with Gasteiger partial charge in [-0.3, -0.25) is 9.59 Å². The molecular formula is C29H24F4N4O3. The first-order valence-corrected chi connectivity index (χ1v) is 12.8. The molecule has 2 saturated carbocycles. The molecule has 2 N–H and O–H groups in total. The van der Waals surface area contributed by atoms with Gasteiger partial charge in [-0.05, 0) is 84.2 Å². The van der Waals surface area contributed by atoms with Crippen LogP contribution in [0.25, 0.3) is 22.2 Å². The van der Waals surface area contributed by atoms with Gasteiger partial charge in [-0.25, -0.2) is 9.07 Å². The van der Waals surface area contributed by atoms with E-state index >= 15 is 0 Å². The molecule has 7 nitrogen and oxygen atoms in total. The number of nitrogens with one attached hydrogen (secondary N) is 1. The highest BCUT2D eigenvalue weighted by Crippen LogP contribution is 2.58. The van der Waals surface area contributed by atoms with Crippen LogP contribution >= 0.6 is 0 Å². The van der Waals surface area contributed by atoms with Crippen LogP contribution in [0.2, 0.25) is 0 Å². The summed E-state index contributed by atoms with van der Waals surface area (Å²) in [5.74, 6) is -1.93. The van der Waals surface area contributed by atoms with E-state index in [0.29, 0.717) is 53.4 Å². The molecule has 3 aromatic carbocycles. The van der Waals surface area contributed by atoms with Gasteiger partial charge in [0.2, 0.25) is 0 Å². The fraction of sp³-hybridized carbons (Fsp3) is 0.310. The molecule has 1 heterocycles. The lowest BCUT2D eigenvalue weighted by molar-refractivity contribution is -0.155. The van der Waals surface area contributed by atoms with E-state index in [2.05, 4.69) is 15.6 Å². The number of hydrogen-bond donors (Lipinski definition) is 2. The Morgan fingerprint density at radius 2 is 1.73 bits per heavy atom. The SMILES string of the molecule is O=C(NC1CC2(C1)CC(C(=O)O)C2)c1cc(-c2cccc(F)c2)cc2nnn(Cc3ccc(C(F)(F)F)cc3)c12. The number of carbonyl (C=O) groups is 2. The third kappa shape index (κ3) is 4.80. The van der Waals surface area contributed by atoms with Gasteiger partial charge < -0.3 is 10.4 Å². The minimum absolute atomic E-state index is 0.0361. The second-order valence-corrected chi connectivity index (χ2v) is 10.9. The van der Waals surface area contributed by atoms with Crippen LogP contribution in [0.1, 0.15) is 47.2 Å². The number of aliphatic carboxylic acids is 1. The molecule has 40 heavy (non-hydrogen) atoms. The van der Waals surface area contributed by atoms with Crippen LogP contribution < -0.4 is 5.32 Å². The highest BCUT2D eigenvalue weighted by atomic mass is 19.4. The Hall–Kier alpha value is -4.28. The fourth-order valence-corrected chi connectivity index (χ4v) is 6.05. The van der Waals surface area contributed by atoms with E-state index in [1.54, 1.807) is 24.3 Å². The topological polar surface area (TPSA) is 97.1 Å². The second kappa shape index (κ2) is 9.42. The third-order valence-electron chi connectivity index (χ3n) is 8.03. The van der Waals surface area contributed by atoms with Crippen LogP contribution in [0.5, 0.6) is 0 Å². The minimum atomic E-state index is -4.45. The summed E-state index contributed by atoms with van der Waals surface area (Å²) in [5, 5.41) is 20.6. The van der Waals surface area contributed by atoms with E-state index in [0.717, 1.165) is 12.1 Å². The number of halogens is 4. The number of rotatable bonds is 6. The van der Waals surface area contributed by atoms with E-state index in [1.807, 2.05) is 0 Å². The van der Waals surface area contributed by atoms with Crippen molar-refractivity contribution in [3.63, 3.8) is 0 Å². The number of fused-ring (bicyclic) bond motifs is 1. The van der Waals surface area contributed by atoms with Gasteiger partial charge in [-0.15, -0.1) is 5.10 Å². The van der Waals surface area contributed by atoms with Crippen molar-refractivity contribution in [3.05, 3.63) is 83.2 Å². The quantitative estimate of drug-likeness (QED) is 0.300. The average molecular weight is 553 g/mol. The van der Waals surface area contributed by atoms with E-state index in [9.17, 15) is 32.3 Å². The number of carboxylic acid groups (broad SMARTS) is 1. The molecule has 1 amide bonds. The zero-order chi connectivity index (χ0) is 28.2. The van der Waals surface area contributed by atoms with E-state index < -0.39 is 23.5 Å². The van der Waals surface area contributed by atoms with Crippen molar-refractivity contribution in [3.8, 4) is 11.1 Å². The average Bonchev–Trinajstić information content (AvgIpc) is 3.26. The molecule has 1 spiro atoms. The molecule has 11 heteroatoms. The first kappa shape index (κ1) is 26.0. The molecule has 206 valence electrons. The fourth-order valence-electron chi connectivity index (χ4n) is 6.05. The smallest absolute Gasteiger partial charge is 0.416 e. The van der Waals surface area contributed by atoms with Gasteiger partial charge in [-0.1, -0.05) is 29.5 Å². The van der Waals surface area contributed by atoms with Gasteiger partial charge >= 0.3 is 12.1 Å². The number of benzene rings is 3. The Morgan fingerprint density at radius 1 is 1.00 bits per heavy atom. The predicted octanol–water partition coefficient (Wildman–Crippen LogP) is 5.68. The molecule has 0 atom stereocenters. The number of hydrogen-bond acceptors (Lipinski definition) is 4. The molecule has 2 fully saturated rings. The van der Waals surface area contributed by atoms with Gasteiger partial charge in [0.05, 0.1) is 23.6 Å². The minimum Gasteiger partial charge on any atom is -0.481 e. The largest absolute Gasteiger partial charge is 0.481 e. The van der Waals surface area contributed by atoms with E-state index in [4.69, 9.17) is 0 Å². The maximum Gasteiger partial charge on any atom is 0.416 e. The zero-order valence-electron chi connectivity index (χ0n) is 21.1. The molecule has 2 aliphatic rings. The predicted molar refractivity (Wildman–Crippen MR) is 137 cm³/mol. The van der Waals surface area contributed by atoms with Crippen molar-refractivity contribution in [2.45, 2.75) is 44.4 Å². The number of alkyl halides is 3. The highest BCUT2D eigenvalue weighted by Gasteiger charge is 2.55.